The third-order valence-electron chi connectivity index (χ3n) is 2.61. The van der Waals surface area contributed by atoms with Crippen molar-refractivity contribution in [2.45, 2.75) is 52.4 Å². The molecule has 0 rings (SSSR count). The molecule has 0 aromatic heterocycles. The molecule has 0 aliphatic heterocycles. The van der Waals surface area contributed by atoms with Crippen LogP contribution in [-0.4, -0.2) is 30.4 Å². The molecule has 2 N–H and O–H groups in total. The van der Waals surface area contributed by atoms with Gasteiger partial charge in [0.1, 0.15) is 0 Å². The lowest BCUT2D eigenvalue weighted by Crippen LogP contribution is -2.32. The van der Waals surface area contributed by atoms with Crippen molar-refractivity contribution in [2.75, 3.05) is 19.6 Å². The summed E-state index contributed by atoms with van der Waals surface area (Å²) in [4.78, 5) is 13.6. The number of rotatable bonds is 9. The number of hydrogen-bond donors (Lipinski definition) is 1. The molecule has 0 unspecified atom stereocenters. The molecule has 15 heavy (non-hydrogen) atoms. The van der Waals surface area contributed by atoms with Crippen LogP contribution in [0.25, 0.3) is 0 Å². The molecule has 90 valence electrons. The van der Waals surface area contributed by atoms with Crippen LogP contribution >= 0.6 is 0 Å². The average molecular weight is 214 g/mol. The van der Waals surface area contributed by atoms with Crippen LogP contribution in [0.2, 0.25) is 0 Å². The second-order valence-electron chi connectivity index (χ2n) is 3.93. The molecule has 1 amide bonds. The molecule has 3 heteroatoms. The third-order valence-corrected chi connectivity index (χ3v) is 2.61. The van der Waals surface area contributed by atoms with Gasteiger partial charge in [-0.15, -0.1) is 0 Å². The normalized spacial score (nSPS) is 10.3. The maximum absolute atomic E-state index is 11.7. The average Bonchev–Trinajstić information content (AvgIpc) is 2.25. The van der Waals surface area contributed by atoms with Gasteiger partial charge >= 0.3 is 0 Å². The molecule has 0 saturated heterocycles. The largest absolute Gasteiger partial charge is 0.343 e. The van der Waals surface area contributed by atoms with Crippen molar-refractivity contribution in [2.24, 2.45) is 5.73 Å². The molecule has 0 aromatic rings. The molecule has 0 atom stereocenters. The Kier molecular flexibility index (Phi) is 9.59. The van der Waals surface area contributed by atoms with Crippen molar-refractivity contribution in [3.8, 4) is 0 Å². The smallest absolute Gasteiger partial charge is 0.222 e. The summed E-state index contributed by atoms with van der Waals surface area (Å²) in [6.07, 6.45) is 6.29. The number of nitrogens with two attached hydrogens (primary N) is 1. The highest BCUT2D eigenvalue weighted by Gasteiger charge is 2.09. The zero-order chi connectivity index (χ0) is 11.5. The van der Waals surface area contributed by atoms with E-state index in [0.717, 1.165) is 25.9 Å². The Morgan fingerprint density at radius 1 is 1.13 bits per heavy atom. The molecule has 3 nitrogen and oxygen atoms in total. The summed E-state index contributed by atoms with van der Waals surface area (Å²) in [6.45, 7) is 6.51. The van der Waals surface area contributed by atoms with Gasteiger partial charge in [0, 0.05) is 19.5 Å². The first-order valence-corrected chi connectivity index (χ1v) is 6.24. The van der Waals surface area contributed by atoms with Gasteiger partial charge in [-0.3, -0.25) is 4.79 Å². The maximum Gasteiger partial charge on any atom is 0.222 e. The first-order valence-electron chi connectivity index (χ1n) is 6.24. The van der Waals surface area contributed by atoms with Crippen molar-refractivity contribution in [3.05, 3.63) is 0 Å². The van der Waals surface area contributed by atoms with Gasteiger partial charge in [-0.25, -0.2) is 0 Å². The third kappa shape index (κ3) is 7.37. The summed E-state index contributed by atoms with van der Waals surface area (Å²) in [5.41, 5.74) is 5.43. The standard InChI is InChI=1S/C12H26N2O/c1-3-5-6-7-9-12(15)14(4-2)11-8-10-13/h3-11,13H2,1-2H3. The van der Waals surface area contributed by atoms with E-state index in [1.54, 1.807) is 0 Å². The SMILES string of the molecule is CCCCCCC(=O)N(CC)CCCN. The first kappa shape index (κ1) is 14.4. The van der Waals surface area contributed by atoms with Crippen molar-refractivity contribution in [1.29, 1.82) is 0 Å². The zero-order valence-corrected chi connectivity index (χ0v) is 10.3. The Labute approximate surface area is 94.0 Å². The van der Waals surface area contributed by atoms with Crippen molar-refractivity contribution >= 4 is 5.91 Å². The molecule has 0 radical (unpaired) electrons. The lowest BCUT2D eigenvalue weighted by molar-refractivity contribution is -0.131. The summed E-state index contributed by atoms with van der Waals surface area (Å²) in [5.74, 6) is 0.294. The van der Waals surface area contributed by atoms with E-state index >= 15 is 0 Å². The number of carbonyl (C=O) groups excluding carboxylic acids is 1. The number of nitrogens with zero attached hydrogens (tertiary/aromatic N) is 1. The van der Waals surface area contributed by atoms with Gasteiger partial charge < -0.3 is 10.6 Å². The number of hydrogen-bond acceptors (Lipinski definition) is 2. The van der Waals surface area contributed by atoms with Gasteiger partial charge in [-0.05, 0) is 26.3 Å². The van der Waals surface area contributed by atoms with Crippen molar-refractivity contribution < 1.29 is 4.79 Å². The second kappa shape index (κ2) is 9.97. The molecule has 0 bridgehead atoms. The lowest BCUT2D eigenvalue weighted by atomic mass is 10.1. The van der Waals surface area contributed by atoms with Gasteiger partial charge in [0.25, 0.3) is 0 Å². The minimum atomic E-state index is 0.294. The number of unbranched alkanes of at least 4 members (excludes halogenated alkanes) is 3. The highest BCUT2D eigenvalue weighted by molar-refractivity contribution is 5.76. The van der Waals surface area contributed by atoms with Crippen LogP contribution in [0.5, 0.6) is 0 Å². The Balaban J connectivity index is 3.63. The highest BCUT2D eigenvalue weighted by atomic mass is 16.2. The maximum atomic E-state index is 11.7. The Morgan fingerprint density at radius 2 is 1.87 bits per heavy atom. The van der Waals surface area contributed by atoms with Crippen LogP contribution in [0.1, 0.15) is 52.4 Å². The van der Waals surface area contributed by atoms with E-state index in [9.17, 15) is 4.79 Å². The van der Waals surface area contributed by atoms with Gasteiger partial charge in [0.2, 0.25) is 5.91 Å². The summed E-state index contributed by atoms with van der Waals surface area (Å²) >= 11 is 0. The van der Waals surface area contributed by atoms with Gasteiger partial charge in [0.15, 0.2) is 0 Å². The molecular weight excluding hydrogens is 188 g/mol. The van der Waals surface area contributed by atoms with E-state index < -0.39 is 0 Å². The quantitative estimate of drug-likeness (QED) is 0.598. The fraction of sp³-hybridized carbons (Fsp3) is 0.917. The highest BCUT2D eigenvalue weighted by Crippen LogP contribution is 2.05. The molecular formula is C12H26N2O. The van der Waals surface area contributed by atoms with Gasteiger partial charge in [-0.1, -0.05) is 26.2 Å². The van der Waals surface area contributed by atoms with Crippen LogP contribution < -0.4 is 5.73 Å². The summed E-state index contributed by atoms with van der Waals surface area (Å²) in [5, 5.41) is 0. The predicted molar refractivity (Wildman–Crippen MR) is 64.7 cm³/mol. The fourth-order valence-corrected chi connectivity index (χ4v) is 1.60. The first-order chi connectivity index (χ1) is 7.26. The molecule has 0 aliphatic rings. The lowest BCUT2D eigenvalue weighted by Gasteiger charge is -2.20. The minimum Gasteiger partial charge on any atom is -0.343 e. The molecule has 0 spiro atoms. The minimum absolute atomic E-state index is 0.294. The van der Waals surface area contributed by atoms with E-state index in [1.165, 1.54) is 19.3 Å². The van der Waals surface area contributed by atoms with Crippen LogP contribution in [0.15, 0.2) is 0 Å². The molecule has 0 aromatic carbocycles. The molecule has 0 saturated carbocycles. The van der Waals surface area contributed by atoms with Gasteiger partial charge in [0.05, 0.1) is 0 Å². The molecule has 0 aliphatic carbocycles. The van der Waals surface area contributed by atoms with E-state index in [4.69, 9.17) is 5.73 Å². The van der Waals surface area contributed by atoms with Gasteiger partial charge in [-0.2, -0.15) is 0 Å². The van der Waals surface area contributed by atoms with Crippen LogP contribution in [-0.2, 0) is 4.79 Å². The Hall–Kier alpha value is -0.570. The molecule has 0 fully saturated rings. The summed E-state index contributed by atoms with van der Waals surface area (Å²) in [7, 11) is 0. The van der Waals surface area contributed by atoms with Crippen LogP contribution in [0.4, 0.5) is 0 Å². The van der Waals surface area contributed by atoms with E-state index in [0.29, 0.717) is 18.9 Å². The van der Waals surface area contributed by atoms with E-state index in [2.05, 4.69) is 6.92 Å². The van der Waals surface area contributed by atoms with Crippen LogP contribution in [0.3, 0.4) is 0 Å². The number of amides is 1. The summed E-state index contributed by atoms with van der Waals surface area (Å²) in [6, 6.07) is 0. The number of carbonyl (C=O) groups is 1. The molecule has 0 heterocycles. The zero-order valence-electron chi connectivity index (χ0n) is 10.3. The van der Waals surface area contributed by atoms with E-state index in [1.807, 2.05) is 11.8 Å². The Bertz CT molecular complexity index is 160. The van der Waals surface area contributed by atoms with Crippen molar-refractivity contribution in [3.63, 3.8) is 0 Å². The monoisotopic (exact) mass is 214 g/mol. The van der Waals surface area contributed by atoms with Crippen LogP contribution in [0, 0.1) is 0 Å². The topological polar surface area (TPSA) is 46.3 Å². The fourth-order valence-electron chi connectivity index (χ4n) is 1.60. The summed E-state index contributed by atoms with van der Waals surface area (Å²) < 4.78 is 0. The predicted octanol–water partition coefficient (Wildman–Crippen LogP) is 2.15. The van der Waals surface area contributed by atoms with E-state index in [-0.39, 0.29) is 0 Å². The van der Waals surface area contributed by atoms with Crippen molar-refractivity contribution in [1.82, 2.24) is 4.90 Å². The second-order valence-corrected chi connectivity index (χ2v) is 3.93. The Morgan fingerprint density at radius 3 is 2.40 bits per heavy atom.